The number of hydrogen-bond acceptors (Lipinski definition) is 2. The van der Waals surface area contributed by atoms with Gasteiger partial charge in [0.25, 0.3) is 0 Å². The Bertz CT molecular complexity index is 623. The van der Waals surface area contributed by atoms with Gasteiger partial charge in [-0.1, -0.05) is 43.7 Å². The van der Waals surface area contributed by atoms with Crippen molar-refractivity contribution in [1.82, 2.24) is 0 Å². The van der Waals surface area contributed by atoms with E-state index in [1.807, 2.05) is 25.2 Å². The molecule has 1 aromatic heterocycles. The quantitative estimate of drug-likeness (QED) is 0.773. The lowest BCUT2D eigenvalue weighted by molar-refractivity contribution is -0.139. The highest BCUT2D eigenvalue weighted by atomic mass is 32.1. The number of carbonyl (C=O) groups is 1. The van der Waals surface area contributed by atoms with Crippen molar-refractivity contribution in [2.45, 2.75) is 46.5 Å². The molecule has 0 aliphatic rings. The minimum atomic E-state index is -0.712. The van der Waals surface area contributed by atoms with Crippen LogP contribution in [0.3, 0.4) is 0 Å². The number of thiophene rings is 1. The van der Waals surface area contributed by atoms with Crippen LogP contribution >= 0.6 is 11.3 Å². The molecule has 2 rings (SSSR count). The Morgan fingerprint density at radius 2 is 1.73 bits per heavy atom. The molecule has 0 spiro atoms. The van der Waals surface area contributed by atoms with Crippen molar-refractivity contribution in [2.24, 2.45) is 5.41 Å². The zero-order chi connectivity index (χ0) is 16.2. The summed E-state index contributed by atoms with van der Waals surface area (Å²) in [4.78, 5) is 13.6. The van der Waals surface area contributed by atoms with E-state index in [4.69, 9.17) is 5.11 Å². The summed E-state index contributed by atoms with van der Waals surface area (Å²) < 4.78 is 0. The average Bonchev–Trinajstić information content (AvgIpc) is 2.86. The van der Waals surface area contributed by atoms with Gasteiger partial charge in [-0.25, -0.2) is 0 Å². The maximum absolute atomic E-state index is 10.9. The molecule has 0 atom stereocenters. The summed E-state index contributed by atoms with van der Waals surface area (Å²) in [5, 5.41) is 8.94. The fraction of sp³-hybridized carbons (Fsp3) is 0.421. The van der Waals surface area contributed by atoms with Gasteiger partial charge in [-0.2, -0.15) is 0 Å². The lowest BCUT2D eigenvalue weighted by atomic mass is 9.84. The van der Waals surface area contributed by atoms with Crippen LogP contribution in [0, 0.1) is 12.3 Å². The molecule has 1 heterocycles. The van der Waals surface area contributed by atoms with Gasteiger partial charge in [-0.05, 0) is 42.9 Å². The summed E-state index contributed by atoms with van der Waals surface area (Å²) in [6, 6.07) is 13.1. The summed E-state index contributed by atoms with van der Waals surface area (Å²) >= 11 is 1.84. The first kappa shape index (κ1) is 16.8. The second kappa shape index (κ2) is 7.10. The van der Waals surface area contributed by atoms with Crippen molar-refractivity contribution in [3.63, 3.8) is 0 Å². The van der Waals surface area contributed by atoms with Gasteiger partial charge in [0.15, 0.2) is 0 Å². The van der Waals surface area contributed by atoms with Crippen LogP contribution in [0.4, 0.5) is 0 Å². The van der Waals surface area contributed by atoms with Crippen LogP contribution in [-0.4, -0.2) is 11.1 Å². The molecule has 2 aromatic rings. The van der Waals surface area contributed by atoms with E-state index < -0.39 is 5.97 Å². The van der Waals surface area contributed by atoms with E-state index in [0.717, 1.165) is 19.3 Å². The number of benzene rings is 1. The molecule has 0 saturated carbocycles. The summed E-state index contributed by atoms with van der Waals surface area (Å²) in [5.74, 6) is -0.712. The standard InChI is InChI=1S/C19H24O2S/c1-14-4-6-15(7-5-14)12-17-9-8-16(22-17)10-11-19(2,3)13-18(20)21/h4-9H,10-13H2,1-3H3,(H,20,21). The van der Waals surface area contributed by atoms with Crippen LogP contribution in [0.15, 0.2) is 36.4 Å². The van der Waals surface area contributed by atoms with Crippen molar-refractivity contribution in [2.75, 3.05) is 0 Å². The Labute approximate surface area is 136 Å². The van der Waals surface area contributed by atoms with Crippen LogP contribution in [0.2, 0.25) is 0 Å². The molecule has 0 saturated heterocycles. The fourth-order valence-electron chi connectivity index (χ4n) is 2.52. The molecule has 0 unspecified atom stereocenters. The maximum atomic E-state index is 10.9. The zero-order valence-electron chi connectivity index (χ0n) is 13.6. The molecule has 1 N–H and O–H groups in total. The van der Waals surface area contributed by atoms with Crippen molar-refractivity contribution in [3.8, 4) is 0 Å². The highest BCUT2D eigenvalue weighted by Crippen LogP contribution is 2.29. The summed E-state index contributed by atoms with van der Waals surface area (Å²) in [7, 11) is 0. The van der Waals surface area contributed by atoms with Gasteiger partial charge in [-0.15, -0.1) is 11.3 Å². The van der Waals surface area contributed by atoms with E-state index in [2.05, 4.69) is 43.3 Å². The smallest absolute Gasteiger partial charge is 0.303 e. The fourth-order valence-corrected chi connectivity index (χ4v) is 3.57. The third-order valence-corrected chi connectivity index (χ3v) is 5.04. The van der Waals surface area contributed by atoms with Crippen LogP contribution in [-0.2, 0) is 17.6 Å². The Balaban J connectivity index is 1.91. The first-order valence-electron chi connectivity index (χ1n) is 7.69. The largest absolute Gasteiger partial charge is 0.481 e. The first-order chi connectivity index (χ1) is 10.3. The van der Waals surface area contributed by atoms with Gasteiger partial charge < -0.3 is 5.11 Å². The van der Waals surface area contributed by atoms with E-state index in [1.165, 1.54) is 20.9 Å². The minimum Gasteiger partial charge on any atom is -0.481 e. The normalized spacial score (nSPS) is 11.6. The predicted octanol–water partition coefficient (Wildman–Crippen LogP) is 5.08. The van der Waals surface area contributed by atoms with Crippen molar-refractivity contribution < 1.29 is 9.90 Å². The van der Waals surface area contributed by atoms with Crippen LogP contribution in [0.25, 0.3) is 0 Å². The number of carboxylic acid groups (broad SMARTS) is 1. The van der Waals surface area contributed by atoms with Crippen molar-refractivity contribution in [3.05, 3.63) is 57.3 Å². The third-order valence-electron chi connectivity index (χ3n) is 3.89. The average molecular weight is 316 g/mol. The van der Waals surface area contributed by atoms with Gasteiger partial charge >= 0.3 is 5.97 Å². The predicted molar refractivity (Wildman–Crippen MR) is 92.7 cm³/mol. The Hall–Kier alpha value is -1.61. The number of rotatable bonds is 7. The lowest BCUT2D eigenvalue weighted by Crippen LogP contribution is -2.17. The van der Waals surface area contributed by atoms with Gasteiger partial charge in [0.2, 0.25) is 0 Å². The number of carboxylic acids is 1. The summed E-state index contributed by atoms with van der Waals surface area (Å²) in [5.41, 5.74) is 2.48. The second-order valence-corrected chi connectivity index (χ2v) is 8.02. The minimum absolute atomic E-state index is 0.146. The zero-order valence-corrected chi connectivity index (χ0v) is 14.4. The number of aliphatic carboxylic acids is 1. The van der Waals surface area contributed by atoms with Gasteiger partial charge in [0.1, 0.15) is 0 Å². The molecule has 22 heavy (non-hydrogen) atoms. The molecule has 0 amide bonds. The van der Waals surface area contributed by atoms with Crippen molar-refractivity contribution in [1.29, 1.82) is 0 Å². The molecule has 3 heteroatoms. The lowest BCUT2D eigenvalue weighted by Gasteiger charge is -2.21. The van der Waals surface area contributed by atoms with E-state index in [0.29, 0.717) is 0 Å². The van der Waals surface area contributed by atoms with Crippen LogP contribution in [0.5, 0.6) is 0 Å². The molecule has 0 bridgehead atoms. The van der Waals surface area contributed by atoms with E-state index in [1.54, 1.807) is 0 Å². The topological polar surface area (TPSA) is 37.3 Å². The van der Waals surface area contributed by atoms with E-state index in [9.17, 15) is 4.79 Å². The van der Waals surface area contributed by atoms with E-state index in [-0.39, 0.29) is 11.8 Å². The Morgan fingerprint density at radius 3 is 2.36 bits per heavy atom. The SMILES string of the molecule is Cc1ccc(Cc2ccc(CCC(C)(C)CC(=O)O)s2)cc1. The molecular formula is C19H24O2S. The molecule has 0 aliphatic carbocycles. The molecular weight excluding hydrogens is 292 g/mol. The highest BCUT2D eigenvalue weighted by Gasteiger charge is 2.21. The maximum Gasteiger partial charge on any atom is 0.303 e. The Morgan fingerprint density at radius 1 is 1.09 bits per heavy atom. The number of hydrogen-bond donors (Lipinski definition) is 1. The van der Waals surface area contributed by atoms with Gasteiger partial charge in [0.05, 0.1) is 6.42 Å². The molecule has 0 fully saturated rings. The number of aryl methyl sites for hydroxylation is 2. The molecule has 0 radical (unpaired) electrons. The second-order valence-electron chi connectivity index (χ2n) is 6.77. The van der Waals surface area contributed by atoms with Crippen LogP contribution in [0.1, 0.15) is 47.6 Å². The Kier molecular flexibility index (Phi) is 5.41. The highest BCUT2D eigenvalue weighted by molar-refractivity contribution is 7.12. The van der Waals surface area contributed by atoms with Crippen LogP contribution < -0.4 is 0 Å². The summed E-state index contributed by atoms with van der Waals surface area (Å²) in [6.45, 7) is 6.16. The molecule has 1 aromatic carbocycles. The monoisotopic (exact) mass is 316 g/mol. The van der Waals surface area contributed by atoms with Gasteiger partial charge in [0, 0.05) is 16.2 Å². The third kappa shape index (κ3) is 5.30. The summed E-state index contributed by atoms with van der Waals surface area (Å²) in [6.07, 6.45) is 3.07. The first-order valence-corrected chi connectivity index (χ1v) is 8.51. The molecule has 118 valence electrons. The molecule has 0 aliphatic heterocycles. The van der Waals surface area contributed by atoms with Gasteiger partial charge in [-0.3, -0.25) is 4.79 Å². The molecule has 2 nitrogen and oxygen atoms in total. The van der Waals surface area contributed by atoms with Crippen molar-refractivity contribution >= 4 is 17.3 Å². The van der Waals surface area contributed by atoms with E-state index >= 15 is 0 Å².